The van der Waals surface area contributed by atoms with Crippen LogP contribution in [0, 0.1) is 0 Å². The van der Waals surface area contributed by atoms with Crippen molar-refractivity contribution < 1.29 is 23.9 Å². The van der Waals surface area contributed by atoms with E-state index < -0.39 is 5.97 Å². The van der Waals surface area contributed by atoms with Crippen LogP contribution >= 0.6 is 11.8 Å². The van der Waals surface area contributed by atoms with Crippen LogP contribution in [0.5, 0.6) is 0 Å². The Morgan fingerprint density at radius 3 is 2.89 bits per heavy atom. The van der Waals surface area contributed by atoms with Crippen LogP contribution in [0.1, 0.15) is 23.9 Å². The van der Waals surface area contributed by atoms with Crippen molar-refractivity contribution in [2.24, 2.45) is 0 Å². The highest BCUT2D eigenvalue weighted by Gasteiger charge is 2.34. The highest BCUT2D eigenvalue weighted by molar-refractivity contribution is 8.14. The van der Waals surface area contributed by atoms with Crippen LogP contribution in [0.3, 0.4) is 0 Å². The lowest BCUT2D eigenvalue weighted by Crippen LogP contribution is -2.25. The number of oxazole rings is 1. The van der Waals surface area contributed by atoms with Crippen LogP contribution in [-0.4, -0.2) is 38.9 Å². The minimum absolute atomic E-state index is 0.0379. The standard InChI is InChI=1S/C10H10N2O5S/c1-5(13)18-6-2-8(14)12(4-6)10-11-3-7(17-10)9(15)16/h3,6H,2,4H2,1H3,(H,15,16). The number of carboxylic acids is 1. The molecule has 1 aliphatic rings. The second kappa shape index (κ2) is 4.81. The highest BCUT2D eigenvalue weighted by Crippen LogP contribution is 2.28. The summed E-state index contributed by atoms with van der Waals surface area (Å²) in [6, 6.07) is -0.0379. The molecule has 0 bridgehead atoms. The molecule has 2 heterocycles. The molecular formula is C10H10N2O5S. The molecule has 7 nitrogen and oxygen atoms in total. The monoisotopic (exact) mass is 270 g/mol. The average molecular weight is 270 g/mol. The van der Waals surface area contributed by atoms with Gasteiger partial charge in [0.15, 0.2) is 5.12 Å². The fourth-order valence-electron chi connectivity index (χ4n) is 1.66. The summed E-state index contributed by atoms with van der Waals surface area (Å²) in [6.45, 7) is 1.73. The predicted molar refractivity (Wildman–Crippen MR) is 62.5 cm³/mol. The first-order chi connectivity index (χ1) is 8.47. The van der Waals surface area contributed by atoms with E-state index in [1.807, 2.05) is 0 Å². The zero-order chi connectivity index (χ0) is 13.3. The molecule has 1 aromatic rings. The van der Waals surface area contributed by atoms with Crippen molar-refractivity contribution in [3.8, 4) is 0 Å². The summed E-state index contributed by atoms with van der Waals surface area (Å²) in [5.41, 5.74) is 0. The Bertz CT molecular complexity index is 512. The number of amides is 1. The van der Waals surface area contributed by atoms with Crippen molar-refractivity contribution in [2.45, 2.75) is 18.6 Å². The Morgan fingerprint density at radius 2 is 2.33 bits per heavy atom. The van der Waals surface area contributed by atoms with Gasteiger partial charge >= 0.3 is 12.0 Å². The number of anilines is 1. The summed E-state index contributed by atoms with van der Waals surface area (Å²) in [4.78, 5) is 38.3. The minimum Gasteiger partial charge on any atom is -0.475 e. The molecule has 0 radical (unpaired) electrons. The van der Waals surface area contributed by atoms with Gasteiger partial charge in [-0.05, 0) is 0 Å². The highest BCUT2D eigenvalue weighted by atomic mass is 32.2. The van der Waals surface area contributed by atoms with Gasteiger partial charge < -0.3 is 9.52 Å². The lowest BCUT2D eigenvalue weighted by atomic mass is 10.4. The van der Waals surface area contributed by atoms with Crippen LogP contribution in [0.15, 0.2) is 10.6 Å². The van der Waals surface area contributed by atoms with Gasteiger partial charge in [0, 0.05) is 25.1 Å². The van der Waals surface area contributed by atoms with E-state index in [1.54, 1.807) is 0 Å². The van der Waals surface area contributed by atoms with Gasteiger partial charge in [0.05, 0.1) is 6.20 Å². The number of carboxylic acid groups (broad SMARTS) is 1. The van der Waals surface area contributed by atoms with Gasteiger partial charge in [-0.1, -0.05) is 11.8 Å². The number of aromatic nitrogens is 1. The van der Waals surface area contributed by atoms with Crippen LogP contribution < -0.4 is 4.90 Å². The fraction of sp³-hybridized carbons (Fsp3) is 0.400. The van der Waals surface area contributed by atoms with Crippen molar-refractivity contribution in [3.63, 3.8) is 0 Å². The molecule has 0 spiro atoms. The molecule has 2 rings (SSSR count). The molecular weight excluding hydrogens is 260 g/mol. The number of hydrogen-bond acceptors (Lipinski definition) is 6. The van der Waals surface area contributed by atoms with Gasteiger partial charge in [0.1, 0.15) is 0 Å². The molecule has 1 aromatic heterocycles. The third-order valence-corrected chi connectivity index (χ3v) is 3.34. The van der Waals surface area contributed by atoms with Crippen LogP contribution in [0.25, 0.3) is 0 Å². The molecule has 8 heteroatoms. The van der Waals surface area contributed by atoms with E-state index in [2.05, 4.69) is 4.98 Å². The Balaban J connectivity index is 2.11. The number of nitrogens with zero attached hydrogens (tertiary/aromatic N) is 2. The van der Waals surface area contributed by atoms with Crippen molar-refractivity contribution >= 4 is 34.8 Å². The maximum Gasteiger partial charge on any atom is 0.373 e. The predicted octanol–water partition coefficient (Wildman–Crippen LogP) is 0.758. The molecule has 0 aliphatic carbocycles. The smallest absolute Gasteiger partial charge is 0.373 e. The van der Waals surface area contributed by atoms with E-state index in [1.165, 1.54) is 11.8 Å². The number of hydrogen-bond donors (Lipinski definition) is 1. The Kier molecular flexibility index (Phi) is 3.37. The number of carbonyl (C=O) groups is 3. The van der Waals surface area contributed by atoms with Crippen LogP contribution in [0.2, 0.25) is 0 Å². The lowest BCUT2D eigenvalue weighted by molar-refractivity contribution is -0.117. The quantitative estimate of drug-likeness (QED) is 0.865. The molecule has 18 heavy (non-hydrogen) atoms. The molecule has 1 saturated heterocycles. The first-order valence-corrected chi connectivity index (χ1v) is 6.02. The molecule has 0 saturated carbocycles. The molecule has 0 aromatic carbocycles. The van der Waals surface area contributed by atoms with Gasteiger partial charge in [-0.15, -0.1) is 0 Å². The van der Waals surface area contributed by atoms with Gasteiger partial charge in [0.25, 0.3) is 0 Å². The topological polar surface area (TPSA) is 101 Å². The zero-order valence-corrected chi connectivity index (χ0v) is 10.3. The van der Waals surface area contributed by atoms with Crippen molar-refractivity contribution in [2.75, 3.05) is 11.4 Å². The summed E-state index contributed by atoms with van der Waals surface area (Å²) in [5, 5.41) is 8.49. The summed E-state index contributed by atoms with van der Waals surface area (Å²) in [7, 11) is 0. The maximum absolute atomic E-state index is 11.7. The number of thioether (sulfide) groups is 1. The summed E-state index contributed by atoms with van der Waals surface area (Å²) < 4.78 is 4.95. The van der Waals surface area contributed by atoms with Gasteiger partial charge in [-0.3, -0.25) is 14.5 Å². The third kappa shape index (κ3) is 2.53. The van der Waals surface area contributed by atoms with Gasteiger partial charge in [0.2, 0.25) is 11.7 Å². The molecule has 1 fully saturated rings. The van der Waals surface area contributed by atoms with E-state index in [4.69, 9.17) is 9.52 Å². The van der Waals surface area contributed by atoms with E-state index in [0.29, 0.717) is 6.54 Å². The van der Waals surface area contributed by atoms with Gasteiger partial charge in [-0.25, -0.2) is 9.78 Å². The van der Waals surface area contributed by atoms with E-state index in [-0.39, 0.29) is 34.5 Å². The molecule has 96 valence electrons. The van der Waals surface area contributed by atoms with Crippen molar-refractivity contribution in [1.82, 2.24) is 4.98 Å². The molecule has 1 N–H and O–H groups in total. The maximum atomic E-state index is 11.7. The third-order valence-electron chi connectivity index (χ3n) is 2.36. The number of aromatic carboxylic acids is 1. The van der Waals surface area contributed by atoms with E-state index >= 15 is 0 Å². The SMILES string of the molecule is CC(=O)SC1CC(=O)N(c2ncc(C(=O)O)o2)C1. The van der Waals surface area contributed by atoms with Crippen molar-refractivity contribution in [3.05, 3.63) is 12.0 Å². The second-order valence-corrected chi connectivity index (χ2v) is 5.23. The number of carbonyl (C=O) groups excluding carboxylic acids is 2. The molecule has 1 atom stereocenters. The summed E-state index contributed by atoms with van der Waals surface area (Å²) in [5.74, 6) is -1.79. The summed E-state index contributed by atoms with van der Waals surface area (Å²) >= 11 is 1.09. The van der Waals surface area contributed by atoms with Crippen LogP contribution in [-0.2, 0) is 9.59 Å². The first kappa shape index (κ1) is 12.6. The molecule has 1 aliphatic heterocycles. The fourth-order valence-corrected chi connectivity index (χ4v) is 2.58. The molecule has 1 unspecified atom stereocenters. The summed E-state index contributed by atoms with van der Waals surface area (Å²) in [6.07, 6.45) is 1.27. The van der Waals surface area contributed by atoms with Crippen LogP contribution in [0.4, 0.5) is 6.01 Å². The zero-order valence-electron chi connectivity index (χ0n) is 9.45. The Labute approximate surface area is 106 Å². The van der Waals surface area contributed by atoms with E-state index in [9.17, 15) is 14.4 Å². The molecule has 1 amide bonds. The average Bonchev–Trinajstić information content (AvgIpc) is 2.83. The Hall–Kier alpha value is -1.83. The second-order valence-electron chi connectivity index (χ2n) is 3.75. The lowest BCUT2D eigenvalue weighted by Gasteiger charge is -2.10. The van der Waals surface area contributed by atoms with E-state index in [0.717, 1.165) is 18.0 Å². The normalized spacial score (nSPS) is 19.3. The van der Waals surface area contributed by atoms with Crippen molar-refractivity contribution in [1.29, 1.82) is 0 Å². The largest absolute Gasteiger partial charge is 0.475 e. The Morgan fingerprint density at radius 1 is 1.61 bits per heavy atom. The number of rotatable bonds is 3. The first-order valence-electron chi connectivity index (χ1n) is 5.14. The minimum atomic E-state index is -1.24. The van der Waals surface area contributed by atoms with Gasteiger partial charge in [-0.2, -0.15) is 0 Å².